The summed E-state index contributed by atoms with van der Waals surface area (Å²) >= 11 is 0. The molecule has 3 rings (SSSR count). The van der Waals surface area contributed by atoms with E-state index < -0.39 is 0 Å². The fourth-order valence-corrected chi connectivity index (χ4v) is 1.28. The van der Waals surface area contributed by atoms with Gasteiger partial charge in [-0.25, -0.2) is 0 Å². The second-order valence-electron chi connectivity index (χ2n) is 4.01. The number of phenols is 3. The van der Waals surface area contributed by atoms with Crippen LogP contribution >= 0.6 is 0 Å². The summed E-state index contributed by atoms with van der Waals surface area (Å²) in [5.41, 5.74) is 0. The molecule has 1 radical (unpaired) electrons. The second-order valence-corrected chi connectivity index (χ2v) is 4.01. The van der Waals surface area contributed by atoms with Gasteiger partial charge in [0.05, 0.1) is 0 Å². The molecule has 0 fully saturated rings. The molecule has 3 aromatic carbocycles. The van der Waals surface area contributed by atoms with E-state index in [0.29, 0.717) is 17.2 Å². The van der Waals surface area contributed by atoms with Gasteiger partial charge in [-0.1, -0.05) is 54.6 Å². The molecule has 0 aliphatic carbocycles. The van der Waals surface area contributed by atoms with E-state index in [1.165, 1.54) is 0 Å². The zero-order valence-corrected chi connectivity index (χ0v) is 14.5. The Morgan fingerprint density at radius 1 is 0.391 bits per heavy atom. The van der Waals surface area contributed by atoms with Crippen molar-refractivity contribution in [2.24, 2.45) is 0 Å². The third-order valence-electron chi connectivity index (χ3n) is 2.27. The Labute approximate surface area is 154 Å². The topological polar surface area (TPSA) is 60.7 Å². The number of phenolic OH excluding ortho intramolecular Hbond substituents is 3. The average Bonchev–Trinajstić information content (AvgIpc) is 2.51. The van der Waals surface area contributed by atoms with Crippen molar-refractivity contribution in [1.29, 1.82) is 0 Å². The first-order valence-electron chi connectivity index (χ1n) is 6.40. The number of hydrogen-bond donors (Lipinski definition) is 3. The van der Waals surface area contributed by atoms with Gasteiger partial charge in [-0.3, -0.25) is 0 Å². The minimum atomic E-state index is 0. The summed E-state index contributed by atoms with van der Waals surface area (Å²) in [4.78, 5) is 0. The zero-order valence-electron chi connectivity index (χ0n) is 12.3. The summed E-state index contributed by atoms with van der Waals surface area (Å²) in [5, 5.41) is 25.9. The Hall–Kier alpha value is -2.07. The number of para-hydroxylation sites is 3. The van der Waals surface area contributed by atoms with E-state index in [0.717, 1.165) is 0 Å². The van der Waals surface area contributed by atoms with Crippen LogP contribution in [0.3, 0.4) is 0 Å². The van der Waals surface area contributed by atoms with Crippen LogP contribution in [0, 0.1) is 0 Å². The molecular formula is C18H18ClO3V-. The number of aromatic hydroxyl groups is 3. The standard InChI is InChI=1S/3C6H6O.ClH.V/c3*7-6-4-2-1-3-5-6;;/h3*1-5,7H;1H;/p-1. The minimum Gasteiger partial charge on any atom is -1.00 e. The van der Waals surface area contributed by atoms with E-state index in [4.69, 9.17) is 15.3 Å². The van der Waals surface area contributed by atoms with Gasteiger partial charge in [-0.15, -0.1) is 0 Å². The van der Waals surface area contributed by atoms with E-state index in [2.05, 4.69) is 0 Å². The molecule has 0 spiro atoms. The number of halogens is 1. The Morgan fingerprint density at radius 3 is 0.652 bits per heavy atom. The number of hydrogen-bond acceptors (Lipinski definition) is 3. The van der Waals surface area contributed by atoms with Crippen molar-refractivity contribution < 1.29 is 46.3 Å². The first kappa shape index (κ1) is 23.2. The Kier molecular flexibility index (Phi) is 15.0. The van der Waals surface area contributed by atoms with Gasteiger partial charge in [0.25, 0.3) is 0 Å². The number of rotatable bonds is 0. The van der Waals surface area contributed by atoms with Crippen molar-refractivity contribution in [3.63, 3.8) is 0 Å². The molecule has 0 aliphatic rings. The van der Waals surface area contributed by atoms with E-state index >= 15 is 0 Å². The monoisotopic (exact) mass is 368 g/mol. The summed E-state index contributed by atoms with van der Waals surface area (Å²) in [6.45, 7) is 0. The van der Waals surface area contributed by atoms with Crippen molar-refractivity contribution in [2.45, 2.75) is 0 Å². The second kappa shape index (κ2) is 14.9. The van der Waals surface area contributed by atoms with Gasteiger partial charge < -0.3 is 27.7 Å². The average molecular weight is 369 g/mol. The predicted octanol–water partition coefficient (Wildman–Crippen LogP) is 1.18. The summed E-state index contributed by atoms with van der Waals surface area (Å²) in [6.07, 6.45) is 0. The van der Waals surface area contributed by atoms with Gasteiger partial charge in [0.2, 0.25) is 0 Å². The normalized spacial score (nSPS) is 7.83. The molecule has 0 aliphatic heterocycles. The molecule has 0 aromatic heterocycles. The molecule has 3 nitrogen and oxygen atoms in total. The van der Waals surface area contributed by atoms with Gasteiger partial charge in [-0.2, -0.15) is 0 Å². The molecule has 0 heterocycles. The fourth-order valence-electron chi connectivity index (χ4n) is 1.28. The van der Waals surface area contributed by atoms with E-state index in [-0.39, 0.29) is 31.0 Å². The van der Waals surface area contributed by atoms with E-state index in [9.17, 15) is 0 Å². The van der Waals surface area contributed by atoms with E-state index in [1.54, 1.807) is 72.8 Å². The summed E-state index contributed by atoms with van der Waals surface area (Å²) in [7, 11) is 0. The minimum absolute atomic E-state index is 0. The smallest absolute Gasteiger partial charge is 0.115 e. The molecular weight excluding hydrogens is 351 g/mol. The van der Waals surface area contributed by atoms with Crippen LogP contribution in [-0.2, 0) is 18.6 Å². The molecule has 0 bridgehead atoms. The molecule has 0 saturated carbocycles. The van der Waals surface area contributed by atoms with Crippen LogP contribution < -0.4 is 12.4 Å². The molecule has 0 atom stereocenters. The SMILES string of the molecule is Oc1ccccc1.Oc1ccccc1.Oc1ccccc1.[Cl-].[V]. The van der Waals surface area contributed by atoms with Crippen molar-refractivity contribution in [3.8, 4) is 17.2 Å². The van der Waals surface area contributed by atoms with Crippen molar-refractivity contribution in [1.82, 2.24) is 0 Å². The largest absolute Gasteiger partial charge is 1.00 e. The van der Waals surface area contributed by atoms with Gasteiger partial charge in [-0.05, 0) is 36.4 Å². The van der Waals surface area contributed by atoms with Crippen LogP contribution in [0.15, 0.2) is 91.0 Å². The first-order valence-corrected chi connectivity index (χ1v) is 6.40. The third-order valence-corrected chi connectivity index (χ3v) is 2.27. The summed E-state index contributed by atoms with van der Waals surface area (Å²) < 4.78 is 0. The Morgan fingerprint density at radius 2 is 0.565 bits per heavy atom. The van der Waals surface area contributed by atoms with Crippen molar-refractivity contribution in [3.05, 3.63) is 91.0 Å². The Bertz CT molecular complexity index is 503. The molecule has 121 valence electrons. The molecule has 3 aromatic rings. The van der Waals surface area contributed by atoms with Crippen LogP contribution in [0.1, 0.15) is 0 Å². The van der Waals surface area contributed by atoms with Gasteiger partial charge in [0.15, 0.2) is 0 Å². The third kappa shape index (κ3) is 13.3. The van der Waals surface area contributed by atoms with Gasteiger partial charge in [0, 0.05) is 18.6 Å². The molecule has 5 heteroatoms. The quantitative estimate of drug-likeness (QED) is 0.558. The van der Waals surface area contributed by atoms with Crippen LogP contribution in [0.4, 0.5) is 0 Å². The first-order chi connectivity index (χ1) is 10.2. The predicted molar refractivity (Wildman–Crippen MR) is 84.3 cm³/mol. The fraction of sp³-hybridized carbons (Fsp3) is 0. The van der Waals surface area contributed by atoms with Crippen LogP contribution in [0.2, 0.25) is 0 Å². The molecule has 3 N–H and O–H groups in total. The van der Waals surface area contributed by atoms with Crippen LogP contribution in [-0.4, -0.2) is 15.3 Å². The van der Waals surface area contributed by atoms with Crippen LogP contribution in [0.25, 0.3) is 0 Å². The molecule has 0 unspecified atom stereocenters. The van der Waals surface area contributed by atoms with E-state index in [1.807, 2.05) is 18.2 Å². The maximum atomic E-state index is 8.63. The van der Waals surface area contributed by atoms with Gasteiger partial charge >= 0.3 is 0 Å². The van der Waals surface area contributed by atoms with Crippen molar-refractivity contribution >= 4 is 0 Å². The summed E-state index contributed by atoms with van der Waals surface area (Å²) in [6, 6.07) is 26.1. The molecule has 0 amide bonds. The summed E-state index contributed by atoms with van der Waals surface area (Å²) in [5.74, 6) is 0.965. The number of benzene rings is 3. The van der Waals surface area contributed by atoms with Gasteiger partial charge in [0.1, 0.15) is 17.2 Å². The maximum Gasteiger partial charge on any atom is 0.115 e. The Balaban J connectivity index is 0. The molecule has 0 saturated heterocycles. The van der Waals surface area contributed by atoms with Crippen LogP contribution in [0.5, 0.6) is 17.2 Å². The maximum absolute atomic E-state index is 8.63. The van der Waals surface area contributed by atoms with Crippen molar-refractivity contribution in [2.75, 3.05) is 0 Å². The molecule has 23 heavy (non-hydrogen) atoms. The zero-order chi connectivity index (χ0) is 15.3.